The number of hydrogen-bond donors (Lipinski definition) is 1. The lowest BCUT2D eigenvalue weighted by Gasteiger charge is -2.38. The minimum absolute atomic E-state index is 0.0203. The molecule has 0 unspecified atom stereocenters. The molecule has 11 heteroatoms. The maximum Gasteiger partial charge on any atom is 0.389 e. The molecule has 1 aromatic heterocycles. The summed E-state index contributed by atoms with van der Waals surface area (Å²) in [7, 11) is -2.59. The van der Waals surface area contributed by atoms with E-state index in [2.05, 4.69) is 4.98 Å². The number of aryl methyl sites for hydroxylation is 1. The molecule has 0 bridgehead atoms. The first kappa shape index (κ1) is 27.1. The Balaban J connectivity index is 1.73. The van der Waals surface area contributed by atoms with Crippen molar-refractivity contribution >= 4 is 15.8 Å². The number of likely N-dealkylation sites (tertiary alicyclic amines) is 1. The summed E-state index contributed by atoms with van der Waals surface area (Å²) in [6.07, 6.45) is -3.34. The van der Waals surface area contributed by atoms with Gasteiger partial charge in [-0.05, 0) is 49.4 Å². The van der Waals surface area contributed by atoms with Crippen molar-refractivity contribution in [2.45, 2.75) is 47.9 Å². The predicted molar refractivity (Wildman–Crippen MR) is 124 cm³/mol. The summed E-state index contributed by atoms with van der Waals surface area (Å²) in [4.78, 5) is 18.4. The zero-order chi connectivity index (χ0) is 25.7. The highest BCUT2D eigenvalue weighted by Crippen LogP contribution is 2.36. The Labute approximate surface area is 202 Å². The SMILES string of the molecule is COCCN1CCC(C(=O)O)(S(=O)(=O)c2ccc(-c3ccc(CCCC(F)(F)F)cn3)cc2)CC1. The van der Waals surface area contributed by atoms with Gasteiger partial charge in [0, 0.05) is 44.9 Å². The third-order valence-electron chi connectivity index (χ3n) is 6.39. The Morgan fingerprint density at radius 3 is 2.31 bits per heavy atom. The summed E-state index contributed by atoms with van der Waals surface area (Å²) in [5.74, 6) is -1.35. The number of carboxylic acid groups (broad SMARTS) is 1. The van der Waals surface area contributed by atoms with E-state index in [-0.39, 0.29) is 30.6 Å². The van der Waals surface area contributed by atoms with Crippen molar-refractivity contribution in [3.63, 3.8) is 0 Å². The molecule has 2 aromatic rings. The maximum absolute atomic E-state index is 13.4. The Morgan fingerprint density at radius 2 is 1.80 bits per heavy atom. The largest absolute Gasteiger partial charge is 0.480 e. The summed E-state index contributed by atoms with van der Waals surface area (Å²) in [5, 5.41) is 9.92. The molecule has 0 radical (unpaired) electrons. The lowest BCUT2D eigenvalue weighted by atomic mass is 9.96. The molecule has 1 aliphatic rings. The van der Waals surface area contributed by atoms with Gasteiger partial charge in [-0.2, -0.15) is 13.2 Å². The third kappa shape index (κ3) is 6.39. The first-order valence-electron chi connectivity index (χ1n) is 11.3. The van der Waals surface area contributed by atoms with Crippen LogP contribution >= 0.6 is 0 Å². The number of piperidine rings is 1. The Morgan fingerprint density at radius 1 is 1.14 bits per heavy atom. The van der Waals surface area contributed by atoms with Gasteiger partial charge in [-0.1, -0.05) is 18.2 Å². The number of ether oxygens (including phenoxy) is 1. The number of benzene rings is 1. The van der Waals surface area contributed by atoms with Gasteiger partial charge in [0.25, 0.3) is 0 Å². The van der Waals surface area contributed by atoms with Crippen LogP contribution in [0.1, 0.15) is 31.2 Å². The van der Waals surface area contributed by atoms with Gasteiger partial charge in [-0.3, -0.25) is 9.78 Å². The molecule has 0 spiro atoms. The molecule has 35 heavy (non-hydrogen) atoms. The van der Waals surface area contributed by atoms with Gasteiger partial charge in [0.1, 0.15) is 0 Å². The van der Waals surface area contributed by atoms with Crippen LogP contribution in [0.5, 0.6) is 0 Å². The van der Waals surface area contributed by atoms with Crippen LogP contribution in [-0.4, -0.2) is 73.7 Å². The van der Waals surface area contributed by atoms with Crippen molar-refractivity contribution in [3.05, 3.63) is 48.2 Å². The van der Waals surface area contributed by atoms with Crippen LogP contribution in [0.25, 0.3) is 11.3 Å². The number of pyridine rings is 1. The fourth-order valence-corrected chi connectivity index (χ4v) is 6.12. The summed E-state index contributed by atoms with van der Waals surface area (Å²) in [6.45, 7) is 1.77. The zero-order valence-electron chi connectivity index (χ0n) is 19.4. The topological polar surface area (TPSA) is 96.8 Å². The molecule has 1 aliphatic heterocycles. The van der Waals surface area contributed by atoms with Gasteiger partial charge in [-0.25, -0.2) is 8.42 Å². The number of halogens is 3. The molecular formula is C24H29F3N2O5S. The number of sulfone groups is 1. The molecule has 0 amide bonds. The number of alkyl halides is 3. The van der Waals surface area contributed by atoms with Gasteiger partial charge >= 0.3 is 12.1 Å². The van der Waals surface area contributed by atoms with Crippen molar-refractivity contribution < 1.29 is 36.2 Å². The van der Waals surface area contributed by atoms with Crippen LogP contribution in [-0.2, 0) is 25.8 Å². The number of nitrogens with zero attached hydrogens (tertiary/aromatic N) is 2. The van der Waals surface area contributed by atoms with Crippen LogP contribution in [0.15, 0.2) is 47.5 Å². The molecule has 192 valence electrons. The van der Waals surface area contributed by atoms with Gasteiger partial charge < -0.3 is 14.7 Å². The van der Waals surface area contributed by atoms with Crippen molar-refractivity contribution in [3.8, 4) is 11.3 Å². The molecule has 0 atom stereocenters. The molecule has 1 saturated heterocycles. The standard InChI is InChI=1S/C24H29F3N2O5S/c1-34-16-15-29-13-11-23(12-14-29,22(30)31)35(32,33)20-7-5-19(6-8-20)21-9-4-18(17-28-21)3-2-10-24(25,26)27/h4-9,17H,2-3,10-16H2,1H3,(H,30,31). The van der Waals surface area contributed by atoms with Crippen molar-refractivity contribution in [1.29, 1.82) is 0 Å². The highest BCUT2D eigenvalue weighted by Gasteiger charge is 2.53. The van der Waals surface area contributed by atoms with Crippen molar-refractivity contribution in [1.82, 2.24) is 9.88 Å². The minimum Gasteiger partial charge on any atom is -0.480 e. The highest BCUT2D eigenvalue weighted by molar-refractivity contribution is 7.93. The monoisotopic (exact) mass is 514 g/mol. The second-order valence-electron chi connectivity index (χ2n) is 8.68. The van der Waals surface area contributed by atoms with E-state index in [0.29, 0.717) is 43.1 Å². The van der Waals surface area contributed by atoms with E-state index >= 15 is 0 Å². The Kier molecular flexibility index (Phi) is 8.55. The Hall–Kier alpha value is -2.50. The first-order chi connectivity index (χ1) is 16.5. The van der Waals surface area contributed by atoms with E-state index in [9.17, 15) is 31.5 Å². The van der Waals surface area contributed by atoms with Crippen molar-refractivity contribution in [2.24, 2.45) is 0 Å². The van der Waals surface area contributed by atoms with Crippen LogP contribution < -0.4 is 0 Å². The summed E-state index contributed by atoms with van der Waals surface area (Å²) >= 11 is 0. The maximum atomic E-state index is 13.4. The normalized spacial score (nSPS) is 16.8. The molecule has 3 rings (SSSR count). The van der Waals surface area contributed by atoms with Crippen LogP contribution in [0.2, 0.25) is 0 Å². The fraction of sp³-hybridized carbons (Fsp3) is 0.500. The van der Waals surface area contributed by atoms with Crippen LogP contribution in [0.3, 0.4) is 0 Å². The van der Waals surface area contributed by atoms with Gasteiger partial charge in [-0.15, -0.1) is 0 Å². The number of carbonyl (C=O) groups is 1. The average Bonchev–Trinajstić information content (AvgIpc) is 2.82. The lowest BCUT2D eigenvalue weighted by Crippen LogP contribution is -2.54. The molecule has 0 aliphatic carbocycles. The second-order valence-corrected chi connectivity index (χ2v) is 10.9. The van der Waals surface area contributed by atoms with E-state index in [4.69, 9.17) is 4.74 Å². The van der Waals surface area contributed by atoms with Crippen LogP contribution in [0, 0.1) is 0 Å². The van der Waals surface area contributed by atoms with Gasteiger partial charge in [0.2, 0.25) is 0 Å². The number of hydrogen-bond acceptors (Lipinski definition) is 6. The molecule has 2 heterocycles. The molecule has 1 aromatic carbocycles. The third-order valence-corrected chi connectivity index (χ3v) is 8.89. The van der Waals surface area contributed by atoms with Crippen LogP contribution in [0.4, 0.5) is 13.2 Å². The van der Waals surface area contributed by atoms with E-state index < -0.39 is 33.2 Å². The highest BCUT2D eigenvalue weighted by atomic mass is 32.2. The summed E-state index contributed by atoms with van der Waals surface area (Å²) < 4.78 is 66.9. The zero-order valence-corrected chi connectivity index (χ0v) is 20.2. The Bertz CT molecular complexity index is 1100. The van der Waals surface area contributed by atoms with Gasteiger partial charge in [0.15, 0.2) is 14.6 Å². The van der Waals surface area contributed by atoms with E-state index in [1.807, 2.05) is 4.90 Å². The number of carboxylic acids is 1. The second kappa shape index (κ2) is 11.0. The van der Waals surface area contributed by atoms with Crippen molar-refractivity contribution in [2.75, 3.05) is 33.4 Å². The summed E-state index contributed by atoms with van der Waals surface area (Å²) in [6, 6.07) is 9.24. The number of aromatic nitrogens is 1. The predicted octanol–water partition coefficient (Wildman–Crippen LogP) is 3.97. The minimum atomic E-state index is -4.18. The first-order valence-corrected chi connectivity index (χ1v) is 12.8. The van der Waals surface area contributed by atoms with Gasteiger partial charge in [0.05, 0.1) is 17.2 Å². The molecule has 1 N–H and O–H groups in total. The number of rotatable bonds is 10. The fourth-order valence-electron chi connectivity index (χ4n) is 4.22. The average molecular weight is 515 g/mol. The smallest absolute Gasteiger partial charge is 0.389 e. The number of methoxy groups -OCH3 is 1. The lowest BCUT2D eigenvalue weighted by molar-refractivity contribution is -0.141. The molecule has 0 saturated carbocycles. The molecular weight excluding hydrogens is 485 g/mol. The molecule has 7 nitrogen and oxygen atoms in total. The quantitative estimate of drug-likeness (QED) is 0.512. The van der Waals surface area contributed by atoms with E-state index in [1.165, 1.54) is 18.3 Å². The number of aliphatic carboxylic acids is 1. The summed E-state index contributed by atoms with van der Waals surface area (Å²) in [5.41, 5.74) is 1.83. The van der Waals surface area contributed by atoms with E-state index in [0.717, 1.165) is 0 Å². The van der Waals surface area contributed by atoms with E-state index in [1.54, 1.807) is 31.4 Å². The molecule has 1 fully saturated rings.